The summed E-state index contributed by atoms with van der Waals surface area (Å²) in [5.41, 5.74) is 0.703. The van der Waals surface area contributed by atoms with Crippen molar-refractivity contribution in [2.45, 2.75) is 25.3 Å². The van der Waals surface area contributed by atoms with Gasteiger partial charge in [0.25, 0.3) is 0 Å². The zero-order chi connectivity index (χ0) is 22.7. The van der Waals surface area contributed by atoms with E-state index in [9.17, 15) is 18.3 Å². The minimum absolute atomic E-state index is 0.142. The van der Waals surface area contributed by atoms with Crippen LogP contribution >= 0.6 is 11.6 Å². The smallest absolute Gasteiger partial charge is 0.417 e. The summed E-state index contributed by atoms with van der Waals surface area (Å²) in [4.78, 5) is 5.82. The van der Waals surface area contributed by atoms with Crippen LogP contribution in [0.1, 0.15) is 17.5 Å². The number of aliphatic hydroxyl groups excluding tert-OH is 1. The Hall–Kier alpha value is -2.97. The maximum atomic E-state index is 12.7. The Bertz CT molecular complexity index is 1080. The number of anilines is 1. The van der Waals surface area contributed by atoms with Gasteiger partial charge in [0.2, 0.25) is 5.88 Å². The van der Waals surface area contributed by atoms with Gasteiger partial charge in [0.1, 0.15) is 17.6 Å². The molecule has 1 unspecified atom stereocenters. The largest absolute Gasteiger partial charge is 0.472 e. The molecule has 1 aromatic heterocycles. The number of para-hydroxylation sites is 1. The van der Waals surface area contributed by atoms with E-state index in [0.29, 0.717) is 36.0 Å². The van der Waals surface area contributed by atoms with E-state index in [1.54, 1.807) is 24.3 Å². The standard InChI is InChI=1S/C23H20ClF3N2O3/c24-19-3-1-2-4-21(19)31-17-7-5-15(14-30)20(11-17)29-10-9-18(13-29)32-22-8-6-16(12-28-22)23(25,26)27/h1-8,11-12,18,30H,9-10,13-14H2. The number of nitrogens with zero attached hydrogens (tertiary/aromatic N) is 2. The summed E-state index contributed by atoms with van der Waals surface area (Å²) in [5, 5.41) is 10.3. The van der Waals surface area contributed by atoms with Crippen LogP contribution in [0.4, 0.5) is 18.9 Å². The molecule has 32 heavy (non-hydrogen) atoms. The van der Waals surface area contributed by atoms with Crippen LogP contribution in [0.2, 0.25) is 5.02 Å². The van der Waals surface area contributed by atoms with Crippen molar-refractivity contribution in [2.24, 2.45) is 0 Å². The van der Waals surface area contributed by atoms with Crippen LogP contribution in [0.5, 0.6) is 17.4 Å². The normalized spacial score (nSPS) is 16.3. The highest BCUT2D eigenvalue weighted by Crippen LogP contribution is 2.35. The van der Waals surface area contributed by atoms with Gasteiger partial charge in [0.15, 0.2) is 0 Å². The number of aromatic nitrogens is 1. The molecule has 5 nitrogen and oxygen atoms in total. The lowest BCUT2D eigenvalue weighted by atomic mass is 10.1. The van der Waals surface area contributed by atoms with Crippen molar-refractivity contribution in [1.29, 1.82) is 0 Å². The molecule has 1 aliphatic heterocycles. The maximum absolute atomic E-state index is 12.7. The highest BCUT2D eigenvalue weighted by atomic mass is 35.5. The van der Waals surface area contributed by atoms with Crippen LogP contribution in [0.3, 0.4) is 0 Å². The van der Waals surface area contributed by atoms with Crippen molar-refractivity contribution < 1.29 is 27.8 Å². The first kappa shape index (κ1) is 22.2. The summed E-state index contributed by atoms with van der Waals surface area (Å²) in [6, 6.07) is 14.7. The molecule has 1 saturated heterocycles. The van der Waals surface area contributed by atoms with Gasteiger partial charge in [-0.1, -0.05) is 29.8 Å². The third-order valence-corrected chi connectivity index (χ3v) is 5.44. The number of hydrogen-bond donors (Lipinski definition) is 1. The summed E-state index contributed by atoms with van der Waals surface area (Å²) in [7, 11) is 0. The lowest BCUT2D eigenvalue weighted by Gasteiger charge is -2.22. The zero-order valence-electron chi connectivity index (χ0n) is 16.8. The molecule has 4 rings (SSSR count). The number of hydrogen-bond acceptors (Lipinski definition) is 5. The monoisotopic (exact) mass is 464 g/mol. The molecule has 9 heteroatoms. The first-order valence-corrected chi connectivity index (χ1v) is 10.3. The molecule has 0 saturated carbocycles. The average Bonchev–Trinajstić information content (AvgIpc) is 3.23. The van der Waals surface area contributed by atoms with Gasteiger partial charge < -0.3 is 19.5 Å². The molecule has 1 N–H and O–H groups in total. The van der Waals surface area contributed by atoms with Gasteiger partial charge in [0.05, 0.1) is 23.7 Å². The zero-order valence-corrected chi connectivity index (χ0v) is 17.6. The molecular formula is C23H20ClF3N2O3. The van der Waals surface area contributed by atoms with E-state index in [4.69, 9.17) is 21.1 Å². The molecule has 0 aliphatic carbocycles. The van der Waals surface area contributed by atoms with E-state index in [2.05, 4.69) is 4.98 Å². The van der Waals surface area contributed by atoms with Gasteiger partial charge in [-0.2, -0.15) is 13.2 Å². The molecule has 2 heterocycles. The lowest BCUT2D eigenvalue weighted by Crippen LogP contribution is -2.25. The number of benzene rings is 2. The Morgan fingerprint density at radius 3 is 2.62 bits per heavy atom. The molecule has 1 fully saturated rings. The molecule has 168 valence electrons. The number of alkyl halides is 3. The molecule has 0 radical (unpaired) electrons. The molecule has 0 amide bonds. The van der Waals surface area contributed by atoms with Gasteiger partial charge >= 0.3 is 6.18 Å². The number of rotatable bonds is 6. The number of pyridine rings is 1. The highest BCUT2D eigenvalue weighted by Gasteiger charge is 2.31. The summed E-state index contributed by atoms with van der Waals surface area (Å²) in [6.45, 7) is 0.989. The van der Waals surface area contributed by atoms with Crippen LogP contribution in [0.15, 0.2) is 60.8 Å². The Morgan fingerprint density at radius 1 is 1.12 bits per heavy atom. The fraction of sp³-hybridized carbons (Fsp3) is 0.261. The van der Waals surface area contributed by atoms with E-state index in [-0.39, 0.29) is 18.6 Å². The van der Waals surface area contributed by atoms with Crippen molar-refractivity contribution in [3.63, 3.8) is 0 Å². The van der Waals surface area contributed by atoms with Gasteiger partial charge in [0, 0.05) is 42.5 Å². The van der Waals surface area contributed by atoms with Crippen molar-refractivity contribution in [3.8, 4) is 17.4 Å². The quantitative estimate of drug-likeness (QED) is 0.507. The fourth-order valence-corrected chi connectivity index (χ4v) is 3.70. The van der Waals surface area contributed by atoms with Crippen LogP contribution in [0, 0.1) is 0 Å². The third kappa shape index (κ3) is 5.08. The minimum Gasteiger partial charge on any atom is -0.472 e. The second-order valence-electron chi connectivity index (χ2n) is 7.34. The van der Waals surface area contributed by atoms with Gasteiger partial charge in [-0.25, -0.2) is 4.98 Å². The molecular weight excluding hydrogens is 445 g/mol. The summed E-state index contributed by atoms with van der Waals surface area (Å²) < 4.78 is 49.8. The third-order valence-electron chi connectivity index (χ3n) is 5.13. The number of aliphatic hydroxyl groups is 1. The van der Waals surface area contributed by atoms with Gasteiger partial charge in [-0.3, -0.25) is 0 Å². The first-order chi connectivity index (χ1) is 15.3. The Balaban J connectivity index is 1.46. The Labute approximate surface area is 188 Å². The molecule has 2 aromatic carbocycles. The summed E-state index contributed by atoms with van der Waals surface area (Å²) >= 11 is 6.17. The van der Waals surface area contributed by atoms with Crippen molar-refractivity contribution in [2.75, 3.05) is 18.0 Å². The van der Waals surface area contributed by atoms with Crippen LogP contribution in [-0.2, 0) is 12.8 Å². The predicted molar refractivity (Wildman–Crippen MR) is 114 cm³/mol. The van der Waals surface area contributed by atoms with Gasteiger partial charge in [-0.15, -0.1) is 0 Å². The Morgan fingerprint density at radius 2 is 1.94 bits per heavy atom. The molecule has 0 spiro atoms. The summed E-state index contributed by atoms with van der Waals surface area (Å²) in [6.07, 6.45) is -3.27. The average molecular weight is 465 g/mol. The lowest BCUT2D eigenvalue weighted by molar-refractivity contribution is -0.137. The highest BCUT2D eigenvalue weighted by molar-refractivity contribution is 6.32. The number of halogens is 4. The second-order valence-corrected chi connectivity index (χ2v) is 7.75. The first-order valence-electron chi connectivity index (χ1n) is 9.94. The van der Waals surface area contributed by atoms with Crippen molar-refractivity contribution in [3.05, 3.63) is 76.9 Å². The van der Waals surface area contributed by atoms with Crippen LogP contribution in [0.25, 0.3) is 0 Å². The van der Waals surface area contributed by atoms with E-state index < -0.39 is 11.7 Å². The maximum Gasteiger partial charge on any atom is 0.417 e. The second kappa shape index (κ2) is 9.26. The molecule has 0 bridgehead atoms. The molecule has 1 atom stereocenters. The van der Waals surface area contributed by atoms with E-state index in [1.807, 2.05) is 23.1 Å². The Kier molecular flexibility index (Phi) is 6.43. The van der Waals surface area contributed by atoms with E-state index in [1.165, 1.54) is 6.07 Å². The summed E-state index contributed by atoms with van der Waals surface area (Å²) in [5.74, 6) is 1.23. The van der Waals surface area contributed by atoms with Crippen molar-refractivity contribution in [1.82, 2.24) is 4.98 Å². The number of ether oxygens (including phenoxy) is 2. The molecule has 3 aromatic rings. The van der Waals surface area contributed by atoms with Crippen LogP contribution in [-0.4, -0.2) is 29.3 Å². The SMILES string of the molecule is OCc1ccc(Oc2ccccc2Cl)cc1N1CCC(Oc2ccc(C(F)(F)F)cn2)C1. The topological polar surface area (TPSA) is 54.8 Å². The fourth-order valence-electron chi connectivity index (χ4n) is 3.52. The van der Waals surface area contributed by atoms with Gasteiger partial charge in [-0.05, 0) is 24.3 Å². The van der Waals surface area contributed by atoms with Crippen LogP contribution < -0.4 is 14.4 Å². The molecule has 1 aliphatic rings. The minimum atomic E-state index is -4.44. The van der Waals surface area contributed by atoms with Crippen molar-refractivity contribution >= 4 is 17.3 Å². The van der Waals surface area contributed by atoms with E-state index >= 15 is 0 Å². The predicted octanol–water partition coefficient (Wildman–Crippen LogP) is 5.70. The van der Waals surface area contributed by atoms with E-state index in [0.717, 1.165) is 23.5 Å².